The third-order valence-electron chi connectivity index (χ3n) is 4.17. The highest BCUT2D eigenvalue weighted by atomic mass is 16.5. The number of amides is 2. The molecule has 2 aromatic rings. The number of benzene rings is 1. The number of carbonyl (C=O) groups is 2. The molecule has 1 aliphatic rings. The Morgan fingerprint density at radius 3 is 2.56 bits per heavy atom. The zero-order valence-electron chi connectivity index (χ0n) is 14.2. The van der Waals surface area contributed by atoms with E-state index in [4.69, 9.17) is 4.74 Å². The van der Waals surface area contributed by atoms with E-state index in [1.165, 1.54) is 0 Å². The zero-order chi connectivity index (χ0) is 17.8. The number of methoxy groups -OCH3 is 1. The molecule has 3 rings (SSSR count). The standard InChI is InChI=1S/C18H20N4O3/c1-3-16-19-9-13(10-20-16)21-18(24)12-8-17(23)22(11-12)14-4-6-15(25-2)7-5-14/h4-7,9-10,12H,3,8,11H2,1-2H3,(H,21,24)/t12-/m1/s1. The summed E-state index contributed by atoms with van der Waals surface area (Å²) in [6, 6.07) is 7.22. The number of hydrogen-bond donors (Lipinski definition) is 1. The first kappa shape index (κ1) is 16.9. The Labute approximate surface area is 146 Å². The van der Waals surface area contributed by atoms with Gasteiger partial charge in [0.25, 0.3) is 0 Å². The largest absolute Gasteiger partial charge is 0.497 e. The number of hydrogen-bond acceptors (Lipinski definition) is 5. The van der Waals surface area contributed by atoms with Crippen LogP contribution >= 0.6 is 0 Å². The summed E-state index contributed by atoms with van der Waals surface area (Å²) in [7, 11) is 1.59. The molecule has 7 nitrogen and oxygen atoms in total. The van der Waals surface area contributed by atoms with Gasteiger partial charge in [0.1, 0.15) is 11.6 Å². The van der Waals surface area contributed by atoms with Gasteiger partial charge in [0.15, 0.2) is 0 Å². The van der Waals surface area contributed by atoms with Gasteiger partial charge in [-0.25, -0.2) is 9.97 Å². The Kier molecular flexibility index (Phi) is 4.92. The maximum atomic E-state index is 12.4. The van der Waals surface area contributed by atoms with Crippen LogP contribution in [0, 0.1) is 5.92 Å². The maximum absolute atomic E-state index is 12.4. The molecule has 0 saturated carbocycles. The molecule has 1 aromatic heterocycles. The van der Waals surface area contributed by atoms with Crippen molar-refractivity contribution >= 4 is 23.2 Å². The first-order valence-corrected chi connectivity index (χ1v) is 8.17. The van der Waals surface area contributed by atoms with Crippen LogP contribution in [0.3, 0.4) is 0 Å². The zero-order valence-corrected chi connectivity index (χ0v) is 14.2. The van der Waals surface area contributed by atoms with Crippen LogP contribution in [-0.4, -0.2) is 35.4 Å². The molecule has 0 aliphatic carbocycles. The summed E-state index contributed by atoms with van der Waals surface area (Å²) in [5.41, 5.74) is 1.30. The van der Waals surface area contributed by atoms with Crippen molar-refractivity contribution in [3.8, 4) is 5.75 Å². The fraction of sp³-hybridized carbons (Fsp3) is 0.333. The number of ether oxygens (including phenoxy) is 1. The first-order chi connectivity index (χ1) is 12.1. The normalized spacial score (nSPS) is 16.8. The van der Waals surface area contributed by atoms with Gasteiger partial charge in [-0.05, 0) is 24.3 Å². The quantitative estimate of drug-likeness (QED) is 0.900. The average molecular weight is 340 g/mol. The van der Waals surface area contributed by atoms with Gasteiger partial charge in [-0.1, -0.05) is 6.92 Å². The van der Waals surface area contributed by atoms with E-state index >= 15 is 0 Å². The van der Waals surface area contributed by atoms with Gasteiger partial charge >= 0.3 is 0 Å². The predicted octanol–water partition coefficient (Wildman–Crippen LogP) is 2.04. The third kappa shape index (κ3) is 3.76. The number of aryl methyl sites for hydroxylation is 1. The fourth-order valence-corrected chi connectivity index (χ4v) is 2.74. The topological polar surface area (TPSA) is 84.4 Å². The molecule has 0 unspecified atom stereocenters. The summed E-state index contributed by atoms with van der Waals surface area (Å²) >= 11 is 0. The van der Waals surface area contributed by atoms with Crippen molar-refractivity contribution in [3.05, 3.63) is 42.5 Å². The lowest BCUT2D eigenvalue weighted by Crippen LogP contribution is -2.28. The minimum atomic E-state index is -0.402. The minimum absolute atomic E-state index is 0.0668. The van der Waals surface area contributed by atoms with Crippen molar-refractivity contribution in [1.82, 2.24) is 9.97 Å². The molecule has 1 aromatic carbocycles. The molecule has 2 heterocycles. The highest BCUT2D eigenvalue weighted by Crippen LogP contribution is 2.27. The monoisotopic (exact) mass is 340 g/mol. The molecule has 1 fully saturated rings. The van der Waals surface area contributed by atoms with Crippen LogP contribution in [-0.2, 0) is 16.0 Å². The Morgan fingerprint density at radius 1 is 1.28 bits per heavy atom. The number of nitrogens with zero attached hydrogens (tertiary/aromatic N) is 3. The van der Waals surface area contributed by atoms with E-state index in [0.29, 0.717) is 12.2 Å². The predicted molar refractivity (Wildman–Crippen MR) is 93.5 cm³/mol. The second-order valence-electron chi connectivity index (χ2n) is 5.83. The molecule has 1 N–H and O–H groups in total. The van der Waals surface area contributed by atoms with Gasteiger partial charge in [0.2, 0.25) is 11.8 Å². The third-order valence-corrected chi connectivity index (χ3v) is 4.17. The van der Waals surface area contributed by atoms with E-state index in [2.05, 4.69) is 15.3 Å². The van der Waals surface area contributed by atoms with Crippen molar-refractivity contribution in [2.24, 2.45) is 5.92 Å². The van der Waals surface area contributed by atoms with Gasteiger partial charge in [0, 0.05) is 25.1 Å². The summed E-state index contributed by atoms with van der Waals surface area (Å²) in [4.78, 5) is 34.6. The van der Waals surface area contributed by atoms with Crippen molar-refractivity contribution < 1.29 is 14.3 Å². The molecule has 0 bridgehead atoms. The van der Waals surface area contributed by atoms with Gasteiger partial charge in [-0.15, -0.1) is 0 Å². The molecule has 25 heavy (non-hydrogen) atoms. The van der Waals surface area contributed by atoms with Gasteiger partial charge in [-0.3, -0.25) is 9.59 Å². The van der Waals surface area contributed by atoms with E-state index in [-0.39, 0.29) is 18.2 Å². The van der Waals surface area contributed by atoms with Crippen molar-refractivity contribution in [2.75, 3.05) is 23.9 Å². The number of anilines is 2. The summed E-state index contributed by atoms with van der Waals surface area (Å²) in [6.07, 6.45) is 4.09. The van der Waals surface area contributed by atoms with Crippen LogP contribution in [0.25, 0.3) is 0 Å². The second-order valence-corrected chi connectivity index (χ2v) is 5.83. The molecule has 130 valence electrons. The van der Waals surface area contributed by atoms with Crippen LogP contribution in [0.4, 0.5) is 11.4 Å². The van der Waals surface area contributed by atoms with Crippen LogP contribution in [0.1, 0.15) is 19.2 Å². The Morgan fingerprint density at radius 2 is 1.96 bits per heavy atom. The van der Waals surface area contributed by atoms with Crippen molar-refractivity contribution in [2.45, 2.75) is 19.8 Å². The van der Waals surface area contributed by atoms with Gasteiger partial charge < -0.3 is 15.0 Å². The molecule has 1 atom stereocenters. The fourth-order valence-electron chi connectivity index (χ4n) is 2.74. The lowest BCUT2D eigenvalue weighted by Gasteiger charge is -2.17. The molecule has 0 radical (unpaired) electrons. The highest BCUT2D eigenvalue weighted by Gasteiger charge is 2.35. The van der Waals surface area contributed by atoms with E-state index in [1.54, 1.807) is 36.5 Å². The van der Waals surface area contributed by atoms with Crippen molar-refractivity contribution in [1.29, 1.82) is 0 Å². The lowest BCUT2D eigenvalue weighted by atomic mass is 10.1. The SMILES string of the molecule is CCc1ncc(NC(=O)[C@@H]2CC(=O)N(c3ccc(OC)cc3)C2)cn1. The number of carbonyl (C=O) groups excluding carboxylic acids is 2. The second kappa shape index (κ2) is 7.29. The smallest absolute Gasteiger partial charge is 0.229 e. The molecule has 1 saturated heterocycles. The number of rotatable bonds is 5. The molecule has 1 aliphatic heterocycles. The maximum Gasteiger partial charge on any atom is 0.229 e. The summed E-state index contributed by atoms with van der Waals surface area (Å²) in [5.74, 6) is 0.778. The molecule has 0 spiro atoms. The highest BCUT2D eigenvalue weighted by molar-refractivity contribution is 6.03. The van der Waals surface area contributed by atoms with E-state index in [0.717, 1.165) is 23.7 Å². The van der Waals surface area contributed by atoms with E-state index < -0.39 is 5.92 Å². The average Bonchev–Trinajstić information content (AvgIpc) is 3.04. The van der Waals surface area contributed by atoms with Gasteiger partial charge in [-0.2, -0.15) is 0 Å². The molecule has 2 amide bonds. The van der Waals surface area contributed by atoms with Crippen LogP contribution in [0.15, 0.2) is 36.7 Å². The lowest BCUT2D eigenvalue weighted by molar-refractivity contribution is -0.122. The summed E-state index contributed by atoms with van der Waals surface area (Å²) in [5, 5.41) is 2.78. The van der Waals surface area contributed by atoms with Gasteiger partial charge in [0.05, 0.1) is 31.1 Å². The molecule has 7 heteroatoms. The molecular formula is C18H20N4O3. The van der Waals surface area contributed by atoms with E-state index in [1.807, 2.05) is 19.1 Å². The van der Waals surface area contributed by atoms with Crippen LogP contribution in [0.5, 0.6) is 5.75 Å². The molecular weight excluding hydrogens is 320 g/mol. The summed E-state index contributed by atoms with van der Waals surface area (Å²) < 4.78 is 5.12. The van der Waals surface area contributed by atoms with Crippen molar-refractivity contribution in [3.63, 3.8) is 0 Å². The minimum Gasteiger partial charge on any atom is -0.497 e. The van der Waals surface area contributed by atoms with E-state index in [9.17, 15) is 9.59 Å². The Balaban J connectivity index is 1.65. The Hall–Kier alpha value is -2.96. The van der Waals surface area contributed by atoms with Crippen LogP contribution < -0.4 is 15.0 Å². The Bertz CT molecular complexity index is 759. The van der Waals surface area contributed by atoms with Crippen LogP contribution in [0.2, 0.25) is 0 Å². The number of aromatic nitrogens is 2. The summed E-state index contributed by atoms with van der Waals surface area (Å²) in [6.45, 7) is 2.32. The first-order valence-electron chi connectivity index (χ1n) is 8.17. The number of nitrogens with one attached hydrogen (secondary N) is 1.